The molecule has 0 N–H and O–H groups in total. The molecular formula is C19H18N2O6P2. The summed E-state index contributed by atoms with van der Waals surface area (Å²) < 4.78 is 26.9. The summed E-state index contributed by atoms with van der Waals surface area (Å²) in [6, 6.07) is 14.3. The fourth-order valence-electron chi connectivity index (χ4n) is 3.30. The highest BCUT2D eigenvalue weighted by Crippen LogP contribution is 2.52. The molecule has 0 bridgehead atoms. The molecule has 2 aromatic rings. The van der Waals surface area contributed by atoms with E-state index in [4.69, 9.17) is 18.1 Å². The Bertz CT molecular complexity index is 882. The number of rotatable bonds is 0. The number of fused-ring (bicyclic) bond motifs is 4. The maximum atomic E-state index is 13.0. The topological polar surface area (TPSA) is 77.5 Å². The molecule has 150 valence electrons. The van der Waals surface area contributed by atoms with Crippen LogP contribution in [-0.2, 0) is 9.05 Å². The van der Waals surface area contributed by atoms with Crippen molar-refractivity contribution in [3.05, 3.63) is 59.7 Å². The first kappa shape index (κ1) is 18.8. The van der Waals surface area contributed by atoms with E-state index in [1.165, 1.54) is 0 Å². The van der Waals surface area contributed by atoms with Crippen molar-refractivity contribution in [2.24, 2.45) is 0 Å². The van der Waals surface area contributed by atoms with Gasteiger partial charge in [-0.15, -0.1) is 0 Å². The SMILES string of the molecule is O=C1c2ccccc2OP2OCCOP3Oc4ccccc4C(=O)N3CCCN12. The van der Waals surface area contributed by atoms with Crippen LogP contribution in [0.15, 0.2) is 48.5 Å². The summed E-state index contributed by atoms with van der Waals surface area (Å²) in [5, 5.41) is 0. The van der Waals surface area contributed by atoms with Crippen molar-refractivity contribution in [1.82, 2.24) is 9.34 Å². The van der Waals surface area contributed by atoms with Gasteiger partial charge in [-0.1, -0.05) is 24.3 Å². The first-order chi connectivity index (χ1) is 14.2. The molecule has 29 heavy (non-hydrogen) atoms. The molecule has 5 rings (SSSR count). The van der Waals surface area contributed by atoms with E-state index in [9.17, 15) is 9.59 Å². The van der Waals surface area contributed by atoms with Gasteiger partial charge in [0.05, 0.1) is 24.3 Å². The minimum atomic E-state index is -1.57. The minimum Gasteiger partial charge on any atom is -0.431 e. The highest BCUT2D eigenvalue weighted by molar-refractivity contribution is 7.46. The Kier molecular flexibility index (Phi) is 5.10. The van der Waals surface area contributed by atoms with Crippen LogP contribution in [0.3, 0.4) is 0 Å². The van der Waals surface area contributed by atoms with Crippen LogP contribution in [0.1, 0.15) is 27.1 Å². The fourth-order valence-corrected chi connectivity index (χ4v) is 6.12. The van der Waals surface area contributed by atoms with Crippen LogP contribution in [0.5, 0.6) is 11.5 Å². The predicted octanol–water partition coefficient (Wildman–Crippen LogP) is 3.95. The molecule has 0 aromatic heterocycles. The zero-order chi connectivity index (χ0) is 19.8. The third-order valence-electron chi connectivity index (χ3n) is 4.68. The van der Waals surface area contributed by atoms with E-state index in [2.05, 4.69) is 0 Å². The van der Waals surface area contributed by atoms with Gasteiger partial charge in [-0.05, 0) is 30.7 Å². The smallest absolute Gasteiger partial charge is 0.355 e. The number of carbonyl (C=O) groups is 2. The number of hydrogen-bond donors (Lipinski definition) is 0. The van der Waals surface area contributed by atoms with Crippen molar-refractivity contribution in [3.63, 3.8) is 0 Å². The molecule has 2 aromatic carbocycles. The summed E-state index contributed by atoms with van der Waals surface area (Å²) in [5.74, 6) is 0.830. The van der Waals surface area contributed by atoms with Gasteiger partial charge in [0.2, 0.25) is 0 Å². The maximum Gasteiger partial charge on any atom is 0.355 e. The third-order valence-corrected chi connectivity index (χ3v) is 7.74. The molecule has 3 aliphatic rings. The molecule has 1 fully saturated rings. The van der Waals surface area contributed by atoms with E-state index >= 15 is 0 Å². The Balaban J connectivity index is 1.38. The molecule has 8 nitrogen and oxygen atoms in total. The quantitative estimate of drug-likeness (QED) is 0.587. The van der Waals surface area contributed by atoms with E-state index in [-0.39, 0.29) is 25.0 Å². The van der Waals surface area contributed by atoms with Gasteiger partial charge in [-0.3, -0.25) is 18.9 Å². The number of benzene rings is 2. The first-order valence-corrected chi connectivity index (χ1v) is 11.5. The fraction of sp³-hybridized carbons (Fsp3) is 0.263. The van der Waals surface area contributed by atoms with E-state index in [1.807, 2.05) is 24.3 Å². The van der Waals surface area contributed by atoms with E-state index in [0.717, 1.165) is 0 Å². The van der Waals surface area contributed by atoms with E-state index in [0.29, 0.717) is 42.1 Å². The molecule has 3 heterocycles. The van der Waals surface area contributed by atoms with E-state index in [1.54, 1.807) is 33.6 Å². The molecule has 0 spiro atoms. The summed E-state index contributed by atoms with van der Waals surface area (Å²) in [7, 11) is -3.14. The zero-order valence-electron chi connectivity index (χ0n) is 15.4. The van der Waals surface area contributed by atoms with Crippen LogP contribution in [0.25, 0.3) is 0 Å². The van der Waals surface area contributed by atoms with E-state index < -0.39 is 17.1 Å². The molecule has 2 amide bonds. The molecule has 0 saturated carbocycles. The Morgan fingerprint density at radius 3 is 1.62 bits per heavy atom. The van der Waals surface area contributed by atoms with Gasteiger partial charge in [-0.25, -0.2) is 0 Å². The van der Waals surface area contributed by atoms with Crippen LogP contribution in [0.2, 0.25) is 0 Å². The largest absolute Gasteiger partial charge is 0.431 e. The molecule has 1 saturated heterocycles. The number of amides is 2. The second-order valence-corrected chi connectivity index (χ2v) is 9.33. The second kappa shape index (κ2) is 7.88. The minimum absolute atomic E-state index is 0.119. The maximum absolute atomic E-state index is 13.0. The monoisotopic (exact) mass is 432 g/mol. The lowest BCUT2D eigenvalue weighted by molar-refractivity contribution is 0.0811. The normalized spacial score (nSPS) is 24.1. The van der Waals surface area contributed by atoms with Gasteiger partial charge in [0, 0.05) is 13.1 Å². The van der Waals surface area contributed by atoms with Crippen molar-refractivity contribution >= 4 is 28.9 Å². The Morgan fingerprint density at radius 2 is 1.14 bits per heavy atom. The Labute approximate surface area is 170 Å². The van der Waals surface area contributed by atoms with Gasteiger partial charge < -0.3 is 18.1 Å². The summed E-state index contributed by atoms with van der Waals surface area (Å²) >= 11 is 0. The Morgan fingerprint density at radius 1 is 0.690 bits per heavy atom. The zero-order valence-corrected chi connectivity index (χ0v) is 17.2. The number of carbonyl (C=O) groups excluding carboxylic acids is 2. The second-order valence-electron chi connectivity index (χ2n) is 6.53. The summed E-state index contributed by atoms with van der Waals surface area (Å²) in [6.07, 6.45) is 0.554. The summed E-state index contributed by atoms with van der Waals surface area (Å²) in [5.41, 5.74) is 1.05. The predicted molar refractivity (Wildman–Crippen MR) is 107 cm³/mol. The van der Waals surface area contributed by atoms with Crippen LogP contribution in [-0.4, -0.2) is 47.5 Å². The number of nitrogens with zero attached hydrogens (tertiary/aromatic N) is 2. The van der Waals surface area contributed by atoms with Crippen LogP contribution in [0.4, 0.5) is 0 Å². The van der Waals surface area contributed by atoms with Crippen molar-refractivity contribution in [1.29, 1.82) is 0 Å². The number of para-hydroxylation sites is 2. The summed E-state index contributed by atoms with van der Waals surface area (Å²) in [4.78, 5) is 25.9. The highest BCUT2D eigenvalue weighted by atomic mass is 31.2. The molecule has 0 radical (unpaired) electrons. The van der Waals surface area contributed by atoms with Gasteiger partial charge in [0.25, 0.3) is 11.8 Å². The Hall–Kier alpha value is -2.24. The van der Waals surface area contributed by atoms with Crippen molar-refractivity contribution in [2.45, 2.75) is 6.42 Å². The average Bonchev–Trinajstić information content (AvgIpc) is 2.78. The van der Waals surface area contributed by atoms with Crippen molar-refractivity contribution in [3.8, 4) is 11.5 Å². The first-order valence-electron chi connectivity index (χ1n) is 9.26. The van der Waals surface area contributed by atoms with Gasteiger partial charge in [-0.2, -0.15) is 0 Å². The summed E-state index contributed by atoms with van der Waals surface area (Å²) in [6.45, 7) is 1.27. The molecule has 2 unspecified atom stereocenters. The van der Waals surface area contributed by atoms with Gasteiger partial charge >= 0.3 is 17.1 Å². The van der Waals surface area contributed by atoms with Crippen molar-refractivity contribution < 1.29 is 27.7 Å². The van der Waals surface area contributed by atoms with Gasteiger partial charge in [0.1, 0.15) is 11.5 Å². The third kappa shape index (κ3) is 3.47. The lowest BCUT2D eigenvalue weighted by Gasteiger charge is -2.35. The van der Waals surface area contributed by atoms with Crippen LogP contribution < -0.4 is 9.05 Å². The molecule has 0 aliphatic carbocycles. The van der Waals surface area contributed by atoms with Crippen LogP contribution in [0, 0.1) is 0 Å². The van der Waals surface area contributed by atoms with Crippen molar-refractivity contribution in [2.75, 3.05) is 26.3 Å². The lowest BCUT2D eigenvalue weighted by atomic mass is 10.2. The number of hydrogen-bond acceptors (Lipinski definition) is 6. The lowest BCUT2D eigenvalue weighted by Crippen LogP contribution is -2.36. The van der Waals surface area contributed by atoms with Gasteiger partial charge in [0.15, 0.2) is 0 Å². The average molecular weight is 432 g/mol. The molecule has 3 aliphatic heterocycles. The highest BCUT2D eigenvalue weighted by Gasteiger charge is 2.39. The molecule has 10 heteroatoms. The molecular weight excluding hydrogens is 414 g/mol. The standard InChI is InChI=1S/C19H18N2O6P2/c22-18-14-6-1-3-8-16(14)26-28-20(18)10-5-11-21-19(23)15-7-2-4-9-17(15)27-29(21)25-13-12-24-28/h1-4,6-9H,5,10-13H2. The van der Waals surface area contributed by atoms with Crippen LogP contribution >= 0.6 is 17.1 Å². The molecule has 2 atom stereocenters.